The van der Waals surface area contributed by atoms with E-state index >= 15 is 0 Å². The van der Waals surface area contributed by atoms with Crippen LogP contribution in [0.25, 0.3) is 0 Å². The molecule has 0 unspecified atom stereocenters. The van der Waals surface area contributed by atoms with E-state index in [-0.39, 0.29) is 5.57 Å². The topological polar surface area (TPSA) is 64.9 Å². The zero-order chi connectivity index (χ0) is 16.8. The highest BCUT2D eigenvalue weighted by Crippen LogP contribution is 2.25. The SMILES string of the molecule is N#C/C(=C/Nc1ccc(I)cc1)C(=O)Nc1ccc(Cl)c(Cl)c1. The molecule has 1 amide bonds. The van der Waals surface area contributed by atoms with Gasteiger partial charge in [-0.05, 0) is 65.1 Å². The Labute approximate surface area is 157 Å². The van der Waals surface area contributed by atoms with Gasteiger partial charge in [0.15, 0.2) is 0 Å². The summed E-state index contributed by atoms with van der Waals surface area (Å²) in [7, 11) is 0. The fraction of sp³-hybridized carbons (Fsp3) is 0. The Bertz CT molecular complexity index is 798. The Morgan fingerprint density at radius 2 is 1.74 bits per heavy atom. The Hall–Kier alpha value is -1.75. The molecule has 0 aliphatic carbocycles. The second kappa shape index (κ2) is 8.20. The van der Waals surface area contributed by atoms with E-state index in [9.17, 15) is 4.79 Å². The number of hydrogen-bond donors (Lipinski definition) is 2. The number of benzene rings is 2. The van der Waals surface area contributed by atoms with E-state index in [2.05, 4.69) is 33.2 Å². The number of rotatable bonds is 4. The van der Waals surface area contributed by atoms with E-state index in [0.29, 0.717) is 15.7 Å². The van der Waals surface area contributed by atoms with E-state index < -0.39 is 5.91 Å². The van der Waals surface area contributed by atoms with Crippen LogP contribution in [0.4, 0.5) is 11.4 Å². The second-order valence-electron chi connectivity index (χ2n) is 4.40. The molecule has 0 fully saturated rings. The van der Waals surface area contributed by atoms with Crippen LogP contribution in [0.15, 0.2) is 54.2 Å². The Morgan fingerprint density at radius 3 is 2.35 bits per heavy atom. The molecule has 2 aromatic carbocycles. The van der Waals surface area contributed by atoms with Crippen molar-refractivity contribution in [3.8, 4) is 6.07 Å². The molecule has 0 saturated heterocycles. The summed E-state index contributed by atoms with van der Waals surface area (Å²) in [6, 6.07) is 14.1. The molecule has 0 saturated carbocycles. The summed E-state index contributed by atoms with van der Waals surface area (Å²) in [6.07, 6.45) is 1.36. The third-order valence-electron chi connectivity index (χ3n) is 2.77. The van der Waals surface area contributed by atoms with Crippen LogP contribution < -0.4 is 10.6 Å². The fourth-order valence-corrected chi connectivity index (χ4v) is 2.28. The van der Waals surface area contributed by atoms with E-state index in [0.717, 1.165) is 9.26 Å². The number of carbonyl (C=O) groups is 1. The van der Waals surface area contributed by atoms with Crippen molar-refractivity contribution in [2.75, 3.05) is 10.6 Å². The molecule has 0 radical (unpaired) electrons. The van der Waals surface area contributed by atoms with E-state index in [1.54, 1.807) is 12.1 Å². The number of hydrogen-bond acceptors (Lipinski definition) is 3. The van der Waals surface area contributed by atoms with Gasteiger partial charge in [0.25, 0.3) is 5.91 Å². The average molecular weight is 458 g/mol. The van der Waals surface area contributed by atoms with Crippen LogP contribution in [0.5, 0.6) is 0 Å². The van der Waals surface area contributed by atoms with Crippen molar-refractivity contribution >= 4 is 63.1 Å². The van der Waals surface area contributed by atoms with Gasteiger partial charge in [-0.1, -0.05) is 23.2 Å². The van der Waals surface area contributed by atoms with Crippen molar-refractivity contribution in [3.05, 3.63) is 67.9 Å². The van der Waals surface area contributed by atoms with Gasteiger partial charge in [0, 0.05) is 21.1 Å². The first-order valence-electron chi connectivity index (χ1n) is 6.38. The first-order chi connectivity index (χ1) is 11.0. The van der Waals surface area contributed by atoms with Gasteiger partial charge >= 0.3 is 0 Å². The summed E-state index contributed by atoms with van der Waals surface area (Å²) in [5.41, 5.74) is 1.18. The van der Waals surface area contributed by atoms with Gasteiger partial charge in [-0.25, -0.2) is 0 Å². The maximum atomic E-state index is 12.1. The van der Waals surface area contributed by atoms with Crippen LogP contribution in [0, 0.1) is 14.9 Å². The van der Waals surface area contributed by atoms with Gasteiger partial charge in [0.2, 0.25) is 0 Å². The maximum absolute atomic E-state index is 12.1. The summed E-state index contributed by atoms with van der Waals surface area (Å²) >= 11 is 13.9. The molecule has 0 aliphatic heterocycles. The monoisotopic (exact) mass is 457 g/mol. The standard InChI is InChI=1S/C16H10Cl2IN3O/c17-14-6-5-13(7-15(14)18)22-16(23)10(8-20)9-21-12-3-1-11(19)2-4-12/h1-7,9,21H,(H,22,23)/b10-9-. The smallest absolute Gasteiger partial charge is 0.267 e. The van der Waals surface area contributed by atoms with Gasteiger partial charge in [-0.15, -0.1) is 0 Å². The number of anilines is 2. The van der Waals surface area contributed by atoms with Crippen molar-refractivity contribution in [1.29, 1.82) is 5.26 Å². The second-order valence-corrected chi connectivity index (χ2v) is 6.46. The van der Waals surface area contributed by atoms with E-state index in [1.807, 2.05) is 30.3 Å². The minimum atomic E-state index is -0.538. The summed E-state index contributed by atoms with van der Waals surface area (Å²) in [6.45, 7) is 0. The normalized spacial score (nSPS) is 10.8. The molecule has 0 atom stereocenters. The van der Waals surface area contributed by atoms with Crippen molar-refractivity contribution < 1.29 is 4.79 Å². The van der Waals surface area contributed by atoms with Crippen LogP contribution in [0.1, 0.15) is 0 Å². The predicted octanol–water partition coefficient (Wildman–Crippen LogP) is 5.06. The molecule has 0 aromatic heterocycles. The van der Waals surface area contributed by atoms with Crippen molar-refractivity contribution in [3.63, 3.8) is 0 Å². The summed E-state index contributed by atoms with van der Waals surface area (Å²) in [4.78, 5) is 12.1. The largest absolute Gasteiger partial charge is 0.360 e. The number of amides is 1. The third kappa shape index (κ3) is 5.13. The van der Waals surface area contributed by atoms with Gasteiger partial charge in [-0.2, -0.15) is 5.26 Å². The quantitative estimate of drug-likeness (QED) is 0.383. The summed E-state index contributed by atoms with van der Waals surface area (Å²) in [5, 5.41) is 15.3. The number of halogens is 3. The molecule has 2 N–H and O–H groups in total. The van der Waals surface area contributed by atoms with E-state index in [4.69, 9.17) is 28.5 Å². The fourth-order valence-electron chi connectivity index (χ4n) is 1.62. The summed E-state index contributed by atoms with van der Waals surface area (Å²) < 4.78 is 1.09. The van der Waals surface area contributed by atoms with Crippen LogP contribution >= 0.6 is 45.8 Å². The highest BCUT2D eigenvalue weighted by molar-refractivity contribution is 14.1. The first kappa shape index (κ1) is 17.6. The lowest BCUT2D eigenvalue weighted by Crippen LogP contribution is -2.14. The van der Waals surface area contributed by atoms with Crippen molar-refractivity contribution in [1.82, 2.24) is 0 Å². The van der Waals surface area contributed by atoms with Crippen molar-refractivity contribution in [2.45, 2.75) is 0 Å². The molecule has 0 heterocycles. The third-order valence-corrected chi connectivity index (χ3v) is 4.23. The minimum absolute atomic E-state index is 0.0605. The summed E-state index contributed by atoms with van der Waals surface area (Å²) in [5.74, 6) is -0.538. The maximum Gasteiger partial charge on any atom is 0.267 e. The minimum Gasteiger partial charge on any atom is -0.360 e. The van der Waals surface area contributed by atoms with Gasteiger partial charge in [-0.3, -0.25) is 4.79 Å². The van der Waals surface area contributed by atoms with Crippen LogP contribution in [0.2, 0.25) is 10.0 Å². The zero-order valence-electron chi connectivity index (χ0n) is 11.6. The van der Waals surface area contributed by atoms with Crippen LogP contribution in [0.3, 0.4) is 0 Å². The molecule has 4 nitrogen and oxygen atoms in total. The molecule has 7 heteroatoms. The Balaban J connectivity index is 2.08. The first-order valence-corrected chi connectivity index (χ1v) is 8.22. The highest BCUT2D eigenvalue weighted by Gasteiger charge is 2.10. The molecular formula is C16H10Cl2IN3O. The molecule has 116 valence electrons. The van der Waals surface area contributed by atoms with Gasteiger partial charge in [0.05, 0.1) is 10.0 Å². The van der Waals surface area contributed by atoms with Crippen LogP contribution in [-0.4, -0.2) is 5.91 Å². The Kier molecular flexibility index (Phi) is 6.28. The van der Waals surface area contributed by atoms with Gasteiger partial charge < -0.3 is 10.6 Å². The van der Waals surface area contributed by atoms with Gasteiger partial charge in [0.1, 0.15) is 11.6 Å². The molecule has 0 aliphatic rings. The molecular weight excluding hydrogens is 448 g/mol. The lowest BCUT2D eigenvalue weighted by molar-refractivity contribution is -0.112. The number of carbonyl (C=O) groups excluding carboxylic acids is 1. The number of nitriles is 1. The molecule has 23 heavy (non-hydrogen) atoms. The van der Waals surface area contributed by atoms with Crippen molar-refractivity contribution in [2.24, 2.45) is 0 Å². The molecule has 2 aromatic rings. The lowest BCUT2D eigenvalue weighted by Gasteiger charge is -2.06. The predicted molar refractivity (Wildman–Crippen MR) is 102 cm³/mol. The molecule has 2 rings (SSSR count). The molecule has 0 bridgehead atoms. The van der Waals surface area contributed by atoms with Crippen LogP contribution in [-0.2, 0) is 4.79 Å². The number of nitrogens with one attached hydrogen (secondary N) is 2. The highest BCUT2D eigenvalue weighted by atomic mass is 127. The molecule has 0 spiro atoms. The average Bonchev–Trinajstić information content (AvgIpc) is 2.53. The number of nitrogens with zero attached hydrogens (tertiary/aromatic N) is 1. The lowest BCUT2D eigenvalue weighted by atomic mass is 10.2. The Morgan fingerprint density at radius 1 is 1.09 bits per heavy atom. The zero-order valence-corrected chi connectivity index (χ0v) is 15.3. The van der Waals surface area contributed by atoms with E-state index in [1.165, 1.54) is 12.3 Å².